The van der Waals surface area contributed by atoms with Crippen LogP contribution in [0.1, 0.15) is 17.3 Å². The minimum atomic E-state index is 0.264. The first-order valence-electron chi connectivity index (χ1n) is 21.4. The molecule has 0 spiro atoms. The van der Waals surface area contributed by atoms with Crippen LogP contribution >= 0.6 is 11.8 Å². The fraction of sp³-hybridized carbons (Fsp3) is 0.0351. The van der Waals surface area contributed by atoms with E-state index in [2.05, 4.69) is 181 Å². The molecular weight excluding hydrogens is 789 g/mol. The lowest BCUT2D eigenvalue weighted by Gasteiger charge is -2.19. The molecule has 2 unspecified atom stereocenters. The van der Waals surface area contributed by atoms with Crippen LogP contribution in [0.25, 0.3) is 110 Å². The summed E-state index contributed by atoms with van der Waals surface area (Å²) in [4.78, 5) is 17.2. The van der Waals surface area contributed by atoms with Crippen molar-refractivity contribution in [3.63, 3.8) is 0 Å². The minimum Gasteiger partial charge on any atom is -0.453 e. The van der Waals surface area contributed by atoms with Gasteiger partial charge in [0.05, 0.1) is 16.7 Å². The van der Waals surface area contributed by atoms with Crippen LogP contribution in [0.3, 0.4) is 0 Å². The summed E-state index contributed by atoms with van der Waals surface area (Å²) in [7, 11) is 0. The van der Waals surface area contributed by atoms with Crippen LogP contribution in [0.4, 0.5) is 0 Å². The molecule has 2 atom stereocenters. The molecule has 1 aliphatic carbocycles. The summed E-state index contributed by atoms with van der Waals surface area (Å²) in [5, 5.41) is 11.7. The normalized spacial score (nSPS) is 15.9. The van der Waals surface area contributed by atoms with Crippen LogP contribution in [0, 0.1) is 0 Å². The van der Waals surface area contributed by atoms with Crippen molar-refractivity contribution < 1.29 is 4.42 Å². The van der Waals surface area contributed by atoms with Crippen molar-refractivity contribution in [2.75, 3.05) is 0 Å². The highest BCUT2D eigenvalue weighted by atomic mass is 32.2. The zero-order valence-corrected chi connectivity index (χ0v) is 34.6. The summed E-state index contributed by atoms with van der Waals surface area (Å²) in [5.41, 5.74) is 9.01. The molecule has 1 aliphatic heterocycles. The molecule has 0 saturated heterocycles. The first-order chi connectivity index (χ1) is 31.2. The molecule has 0 saturated carbocycles. The van der Waals surface area contributed by atoms with Gasteiger partial charge in [0.25, 0.3) is 0 Å². The predicted molar refractivity (Wildman–Crippen MR) is 261 cm³/mol. The third-order valence-electron chi connectivity index (χ3n) is 13.1. The van der Waals surface area contributed by atoms with Crippen LogP contribution in [0.5, 0.6) is 0 Å². The van der Waals surface area contributed by atoms with Crippen molar-refractivity contribution >= 4 is 93.4 Å². The van der Waals surface area contributed by atoms with Crippen LogP contribution in [0.2, 0.25) is 0 Å². The number of hydrogen-bond acceptors (Lipinski definition) is 5. The predicted octanol–water partition coefficient (Wildman–Crippen LogP) is 14.9. The summed E-state index contributed by atoms with van der Waals surface area (Å²) in [6, 6.07) is 62.8. The second-order valence-electron chi connectivity index (χ2n) is 16.7. The Bertz CT molecular complexity index is 3970. The van der Waals surface area contributed by atoms with Crippen molar-refractivity contribution in [2.45, 2.75) is 16.1 Å². The average molecular weight is 823 g/mol. The molecule has 9 aromatic carbocycles. The average Bonchev–Trinajstić information content (AvgIpc) is 4.02. The first kappa shape index (κ1) is 34.9. The molecule has 6 heteroatoms. The summed E-state index contributed by atoms with van der Waals surface area (Å²) in [6.45, 7) is 0. The molecule has 0 amide bonds. The quantitative estimate of drug-likeness (QED) is 0.177. The van der Waals surface area contributed by atoms with E-state index in [0.29, 0.717) is 23.4 Å². The summed E-state index contributed by atoms with van der Waals surface area (Å²) < 4.78 is 9.57. The lowest BCUT2D eigenvalue weighted by molar-refractivity contribution is 0.670. The second kappa shape index (κ2) is 13.3. The van der Waals surface area contributed by atoms with Crippen molar-refractivity contribution in [1.82, 2.24) is 19.5 Å². The Morgan fingerprint density at radius 2 is 1.16 bits per heavy atom. The van der Waals surface area contributed by atoms with Gasteiger partial charge in [-0.1, -0.05) is 152 Å². The van der Waals surface area contributed by atoms with E-state index in [1.807, 2.05) is 30.0 Å². The molecule has 0 bridgehead atoms. The number of thioether (sulfide) groups is 1. The lowest BCUT2D eigenvalue weighted by Crippen LogP contribution is -2.11. The maximum Gasteiger partial charge on any atom is 0.164 e. The SMILES string of the molecule is C1=CC2c3ccccc3SC2C=C1c1nc(-c2ccccc2)nc(-c2cc(-n3c4cc5ccccc5cc4c4c5ccccc5ccc43)c3oc4c5ccccc5ccc4c3c2)n1. The number of furan rings is 1. The van der Waals surface area contributed by atoms with E-state index in [-0.39, 0.29) is 5.25 Å². The maximum atomic E-state index is 7.17. The third kappa shape index (κ3) is 5.28. The number of fused-ring (bicyclic) bond motifs is 14. The summed E-state index contributed by atoms with van der Waals surface area (Å²) in [5.74, 6) is 2.21. The number of rotatable bonds is 4. The van der Waals surface area contributed by atoms with E-state index in [0.717, 1.165) is 66.1 Å². The zero-order chi connectivity index (χ0) is 41.2. The van der Waals surface area contributed by atoms with Crippen LogP contribution in [-0.2, 0) is 0 Å². The Kier molecular flexibility index (Phi) is 7.39. The zero-order valence-electron chi connectivity index (χ0n) is 33.7. The first-order valence-corrected chi connectivity index (χ1v) is 22.3. The van der Waals surface area contributed by atoms with E-state index in [4.69, 9.17) is 19.4 Å². The molecule has 0 radical (unpaired) electrons. The van der Waals surface area contributed by atoms with E-state index < -0.39 is 0 Å². The monoisotopic (exact) mass is 822 g/mol. The molecule has 5 nitrogen and oxygen atoms in total. The second-order valence-corrected chi connectivity index (χ2v) is 17.9. The topological polar surface area (TPSA) is 56.7 Å². The molecule has 14 rings (SSSR count). The number of allylic oxidation sites excluding steroid dienone is 3. The largest absolute Gasteiger partial charge is 0.453 e. The molecule has 294 valence electrons. The third-order valence-corrected chi connectivity index (χ3v) is 14.4. The molecule has 4 heterocycles. The van der Waals surface area contributed by atoms with Gasteiger partial charge in [0.15, 0.2) is 23.1 Å². The van der Waals surface area contributed by atoms with Crippen molar-refractivity contribution in [3.05, 3.63) is 206 Å². The standard InChI is InChI=1S/C57H34N4OS/c1-2-14-35(15-3-1)55-58-56(38-23-25-43-42-20-10-11-21-50(42)63-51(43)32-38)60-57(59-55)39-29-45-44-26-22-34-13-7-9-19-41(34)53(44)62-54(45)49(31-39)61-47-27-24-33-12-6-8-18-40(33)52(47)46-28-36-16-4-5-17-37(36)30-48(46)61/h1-32,43,51H. The Balaban J connectivity index is 1.07. The van der Waals surface area contributed by atoms with Crippen LogP contribution in [-0.4, -0.2) is 24.8 Å². The Morgan fingerprint density at radius 3 is 2.02 bits per heavy atom. The van der Waals surface area contributed by atoms with Crippen molar-refractivity contribution in [3.8, 4) is 28.5 Å². The smallest absolute Gasteiger partial charge is 0.164 e. The van der Waals surface area contributed by atoms with Gasteiger partial charge in [-0.25, -0.2) is 15.0 Å². The molecule has 0 fully saturated rings. The van der Waals surface area contributed by atoms with Gasteiger partial charge in [0.2, 0.25) is 0 Å². The minimum absolute atomic E-state index is 0.264. The van der Waals surface area contributed by atoms with Gasteiger partial charge in [-0.05, 0) is 75.0 Å². The maximum absolute atomic E-state index is 7.17. The Labute approximate surface area is 365 Å². The molecule has 12 aromatic rings. The number of nitrogens with zero attached hydrogens (tertiary/aromatic N) is 4. The fourth-order valence-corrected chi connectivity index (χ4v) is 11.6. The molecule has 3 aromatic heterocycles. The van der Waals surface area contributed by atoms with Gasteiger partial charge in [0.1, 0.15) is 5.58 Å². The summed E-state index contributed by atoms with van der Waals surface area (Å²) >= 11 is 1.92. The lowest BCUT2D eigenvalue weighted by atomic mass is 9.90. The van der Waals surface area contributed by atoms with Crippen LogP contribution in [0.15, 0.2) is 203 Å². The van der Waals surface area contributed by atoms with E-state index in [9.17, 15) is 0 Å². The Morgan fingerprint density at radius 1 is 0.476 bits per heavy atom. The molecular formula is C57H34N4OS. The molecule has 63 heavy (non-hydrogen) atoms. The van der Waals surface area contributed by atoms with Gasteiger partial charge in [-0.3, -0.25) is 0 Å². The van der Waals surface area contributed by atoms with Gasteiger partial charge in [-0.2, -0.15) is 0 Å². The highest BCUT2D eigenvalue weighted by Crippen LogP contribution is 2.50. The summed E-state index contributed by atoms with van der Waals surface area (Å²) in [6.07, 6.45) is 6.87. The van der Waals surface area contributed by atoms with E-state index in [1.54, 1.807) is 0 Å². The van der Waals surface area contributed by atoms with Gasteiger partial charge >= 0.3 is 0 Å². The van der Waals surface area contributed by atoms with E-state index >= 15 is 0 Å². The molecule has 2 aliphatic rings. The fourth-order valence-electron chi connectivity index (χ4n) is 10.2. The van der Waals surface area contributed by atoms with Gasteiger partial charge in [-0.15, -0.1) is 11.8 Å². The van der Waals surface area contributed by atoms with Gasteiger partial charge in [0, 0.05) is 59.7 Å². The highest BCUT2D eigenvalue weighted by Gasteiger charge is 2.33. The van der Waals surface area contributed by atoms with Gasteiger partial charge < -0.3 is 8.98 Å². The molecule has 0 N–H and O–H groups in total. The number of hydrogen-bond donors (Lipinski definition) is 0. The van der Waals surface area contributed by atoms with Crippen LogP contribution < -0.4 is 0 Å². The number of benzene rings is 9. The van der Waals surface area contributed by atoms with Crippen molar-refractivity contribution in [2.24, 2.45) is 0 Å². The highest BCUT2D eigenvalue weighted by molar-refractivity contribution is 8.00. The van der Waals surface area contributed by atoms with E-state index in [1.165, 1.54) is 42.8 Å². The van der Waals surface area contributed by atoms with Crippen molar-refractivity contribution in [1.29, 1.82) is 0 Å². The number of aromatic nitrogens is 4. The Hall–Kier alpha value is -7.80.